The molecule has 1 heterocycles. The molecule has 0 bridgehead atoms. The van der Waals surface area contributed by atoms with Gasteiger partial charge in [0.05, 0.1) is 13.1 Å². The first-order valence-corrected chi connectivity index (χ1v) is 16.4. The quantitative estimate of drug-likeness (QED) is 0.219. The molecule has 0 aromatic heterocycles. The third-order valence-electron chi connectivity index (χ3n) is 8.92. The summed E-state index contributed by atoms with van der Waals surface area (Å²) in [7, 11) is 0. The van der Waals surface area contributed by atoms with Gasteiger partial charge in [-0.05, 0) is 57.5 Å². The average Bonchev–Trinajstić information content (AvgIpc) is 3.15. The van der Waals surface area contributed by atoms with E-state index in [-0.39, 0.29) is 44.4 Å². The van der Waals surface area contributed by atoms with Gasteiger partial charge in [0.1, 0.15) is 11.9 Å². The van der Waals surface area contributed by atoms with Crippen LogP contribution in [0.15, 0.2) is 91.0 Å². The summed E-state index contributed by atoms with van der Waals surface area (Å²) in [5.41, 5.74) is 3.86. The van der Waals surface area contributed by atoms with Crippen LogP contribution in [0.1, 0.15) is 48.4 Å². The molecule has 2 N–H and O–H groups in total. The maximum absolute atomic E-state index is 14.3. The van der Waals surface area contributed by atoms with Crippen molar-refractivity contribution >= 4 is 28.6 Å². The second-order valence-corrected chi connectivity index (χ2v) is 12.2. The lowest BCUT2D eigenvalue weighted by Crippen LogP contribution is -2.55. The summed E-state index contributed by atoms with van der Waals surface area (Å²) in [6.07, 6.45) is 7.03. The van der Waals surface area contributed by atoms with Crippen LogP contribution >= 0.6 is 0 Å². The van der Waals surface area contributed by atoms with Crippen molar-refractivity contribution in [1.29, 1.82) is 0 Å². The lowest BCUT2D eigenvalue weighted by atomic mass is 9.96. The number of rotatable bonds is 10. The van der Waals surface area contributed by atoms with Gasteiger partial charge in [-0.25, -0.2) is 19.2 Å². The number of amides is 4. The minimum atomic E-state index is -0.810. The van der Waals surface area contributed by atoms with E-state index in [1.165, 1.54) is 22.7 Å². The van der Waals surface area contributed by atoms with Crippen molar-refractivity contribution in [1.82, 2.24) is 25.6 Å². The Bertz CT molecular complexity index is 1760. The van der Waals surface area contributed by atoms with Crippen LogP contribution in [0.2, 0.25) is 0 Å². The number of benzene rings is 4. The summed E-state index contributed by atoms with van der Waals surface area (Å²) in [6, 6.07) is 26.8. The fraction of sp³-hybridized carbons (Fsp3) is 0.308. The first kappa shape index (κ1) is 34.1. The molecule has 2 atom stereocenters. The smallest absolute Gasteiger partial charge is 0.333 e. The third-order valence-corrected chi connectivity index (χ3v) is 8.92. The second-order valence-electron chi connectivity index (χ2n) is 12.2. The van der Waals surface area contributed by atoms with E-state index in [1.54, 1.807) is 22.0 Å². The predicted molar refractivity (Wildman–Crippen MR) is 186 cm³/mol. The molecule has 4 aromatic carbocycles. The van der Waals surface area contributed by atoms with Gasteiger partial charge < -0.3 is 15.5 Å². The fourth-order valence-corrected chi connectivity index (χ4v) is 5.96. The first-order valence-electron chi connectivity index (χ1n) is 16.4. The van der Waals surface area contributed by atoms with Crippen molar-refractivity contribution in [3.63, 3.8) is 0 Å². The van der Waals surface area contributed by atoms with E-state index in [4.69, 9.17) is 6.42 Å². The standard InChI is InChI=1S/C39H42FN5O3/c1-4-21-45(39(48)41-25-30-15-19-34(40)20-16-30)44-23-22-43(26-33-11-8-10-32-9-6-7-12-35(32)33)38(47)36(42-37(46)27-44)24-29-13-17-31(18-14-29)28(3)5-2/h1,6-20,28,36H,5,21-27H2,2-3H3,(H,41,48)(H,42,46)/t28?,36-/m0/s1. The Hall–Kier alpha value is -5.20. The molecule has 9 heteroatoms. The van der Waals surface area contributed by atoms with Crippen molar-refractivity contribution in [2.45, 2.75) is 51.7 Å². The van der Waals surface area contributed by atoms with Gasteiger partial charge >= 0.3 is 6.03 Å². The highest BCUT2D eigenvalue weighted by Crippen LogP contribution is 2.23. The number of carbonyl (C=O) groups is 3. The van der Waals surface area contributed by atoms with Crippen LogP contribution in [-0.4, -0.2) is 65.0 Å². The van der Waals surface area contributed by atoms with Gasteiger partial charge in [-0.1, -0.05) is 98.6 Å². The minimum Gasteiger partial charge on any atom is -0.343 e. The monoisotopic (exact) mass is 647 g/mol. The summed E-state index contributed by atoms with van der Waals surface area (Å²) < 4.78 is 13.4. The third kappa shape index (κ3) is 8.58. The highest BCUT2D eigenvalue weighted by molar-refractivity contribution is 5.90. The predicted octanol–water partition coefficient (Wildman–Crippen LogP) is 5.62. The molecule has 5 rings (SSSR count). The molecule has 48 heavy (non-hydrogen) atoms. The number of nitrogens with one attached hydrogen (secondary N) is 2. The highest BCUT2D eigenvalue weighted by atomic mass is 19.1. The maximum Gasteiger partial charge on any atom is 0.333 e. The van der Waals surface area contributed by atoms with Crippen molar-refractivity contribution in [3.05, 3.63) is 119 Å². The molecule has 8 nitrogen and oxygen atoms in total. The number of nitrogens with zero attached hydrogens (tertiary/aromatic N) is 3. The molecule has 4 amide bonds. The number of hydrazine groups is 1. The van der Waals surface area contributed by atoms with Gasteiger partial charge in [-0.3, -0.25) is 9.59 Å². The molecule has 248 valence electrons. The summed E-state index contributed by atoms with van der Waals surface area (Å²) >= 11 is 0. The van der Waals surface area contributed by atoms with E-state index < -0.39 is 18.0 Å². The lowest BCUT2D eigenvalue weighted by molar-refractivity contribution is -0.136. The van der Waals surface area contributed by atoms with E-state index in [0.717, 1.165) is 28.3 Å². The van der Waals surface area contributed by atoms with Gasteiger partial charge in [0, 0.05) is 32.6 Å². The topological polar surface area (TPSA) is 85.0 Å². The summed E-state index contributed by atoms with van der Waals surface area (Å²) in [5, 5.41) is 10.8. The number of hydrogen-bond donors (Lipinski definition) is 2. The molecular formula is C39H42FN5O3. The molecule has 1 saturated heterocycles. The number of halogens is 1. The Morgan fingerprint density at radius 3 is 2.44 bits per heavy atom. The number of fused-ring (bicyclic) bond motifs is 1. The zero-order valence-corrected chi connectivity index (χ0v) is 27.5. The van der Waals surface area contributed by atoms with Gasteiger partial charge in [0.25, 0.3) is 0 Å². The van der Waals surface area contributed by atoms with Crippen LogP contribution in [0.4, 0.5) is 9.18 Å². The highest BCUT2D eigenvalue weighted by Gasteiger charge is 2.32. The Labute approximate surface area is 281 Å². The van der Waals surface area contributed by atoms with Crippen LogP contribution in [-0.2, 0) is 29.1 Å². The average molecular weight is 648 g/mol. The Morgan fingerprint density at radius 1 is 1.00 bits per heavy atom. The van der Waals surface area contributed by atoms with Crippen molar-refractivity contribution in [2.24, 2.45) is 0 Å². The van der Waals surface area contributed by atoms with Crippen LogP contribution in [0.5, 0.6) is 0 Å². The van der Waals surface area contributed by atoms with E-state index in [1.807, 2.05) is 54.6 Å². The molecule has 1 fully saturated rings. The number of urea groups is 1. The minimum absolute atomic E-state index is 0.0915. The maximum atomic E-state index is 14.3. The molecule has 1 aliphatic rings. The molecule has 0 saturated carbocycles. The van der Waals surface area contributed by atoms with Crippen LogP contribution in [0.25, 0.3) is 10.8 Å². The molecule has 1 aliphatic heterocycles. The van der Waals surface area contributed by atoms with E-state index in [0.29, 0.717) is 24.4 Å². The zero-order chi connectivity index (χ0) is 34.0. The zero-order valence-electron chi connectivity index (χ0n) is 27.5. The van der Waals surface area contributed by atoms with Crippen molar-refractivity contribution in [3.8, 4) is 12.3 Å². The number of carbonyl (C=O) groups excluding carboxylic acids is 3. The molecule has 0 spiro atoms. The van der Waals surface area contributed by atoms with E-state index in [2.05, 4.69) is 42.5 Å². The van der Waals surface area contributed by atoms with Crippen molar-refractivity contribution in [2.75, 3.05) is 26.2 Å². The second kappa shape index (κ2) is 16.1. The molecule has 0 aliphatic carbocycles. The summed E-state index contributed by atoms with van der Waals surface area (Å²) in [5.74, 6) is 1.97. The van der Waals surface area contributed by atoms with Crippen molar-refractivity contribution < 1.29 is 18.8 Å². The van der Waals surface area contributed by atoms with E-state index in [9.17, 15) is 18.8 Å². The SMILES string of the molecule is C#CCN(C(=O)NCc1ccc(F)cc1)N1CCN(Cc2cccc3ccccc23)C(=O)[C@H](Cc2ccc(C(C)CC)cc2)NC(=O)C1. The van der Waals surface area contributed by atoms with Crippen LogP contribution in [0.3, 0.4) is 0 Å². The largest absolute Gasteiger partial charge is 0.343 e. The summed E-state index contributed by atoms with van der Waals surface area (Å²) in [4.78, 5) is 43.1. The first-order chi connectivity index (χ1) is 23.2. The number of terminal acetylenes is 1. The van der Waals surface area contributed by atoms with E-state index >= 15 is 0 Å². The Kier molecular flexibility index (Phi) is 11.4. The normalized spacial score (nSPS) is 16.3. The lowest BCUT2D eigenvalue weighted by Gasteiger charge is -2.34. The van der Waals surface area contributed by atoms with Gasteiger partial charge in [-0.15, -0.1) is 6.42 Å². The summed E-state index contributed by atoms with van der Waals surface area (Å²) in [6.45, 7) is 4.95. The van der Waals surface area contributed by atoms with Gasteiger partial charge in [0.2, 0.25) is 11.8 Å². The van der Waals surface area contributed by atoms with Gasteiger partial charge in [0.15, 0.2) is 0 Å². The van der Waals surface area contributed by atoms with Crippen LogP contribution in [0, 0.1) is 18.2 Å². The molecular weight excluding hydrogens is 605 g/mol. The van der Waals surface area contributed by atoms with Crippen LogP contribution < -0.4 is 10.6 Å². The molecule has 4 aromatic rings. The number of hydrogen-bond acceptors (Lipinski definition) is 4. The Morgan fingerprint density at radius 2 is 1.71 bits per heavy atom. The molecule has 0 radical (unpaired) electrons. The Balaban J connectivity index is 1.41. The van der Waals surface area contributed by atoms with Gasteiger partial charge in [-0.2, -0.15) is 0 Å². The molecule has 1 unspecified atom stereocenters. The fourth-order valence-electron chi connectivity index (χ4n) is 5.96.